The Kier molecular flexibility index (Phi) is 4.12. The molecular weight excluding hydrogens is 275 g/mol. The van der Waals surface area contributed by atoms with Crippen LogP contribution < -0.4 is 21.3 Å². The molecule has 1 aliphatic rings. The first-order valence-electron chi connectivity index (χ1n) is 6.12. The number of nitrogens with zero attached hydrogens (tertiary/aromatic N) is 4. The van der Waals surface area contributed by atoms with Gasteiger partial charge in [0.1, 0.15) is 6.54 Å². The van der Waals surface area contributed by atoms with Crippen molar-refractivity contribution in [2.45, 2.75) is 18.6 Å². The minimum atomic E-state index is -4.34. The van der Waals surface area contributed by atoms with Gasteiger partial charge in [-0.05, 0) is 13.5 Å². The van der Waals surface area contributed by atoms with Crippen molar-refractivity contribution in [3.05, 3.63) is 0 Å². The van der Waals surface area contributed by atoms with Gasteiger partial charge >= 0.3 is 6.18 Å². The number of nitrogens with two attached hydrogens (primary N) is 1. The number of aromatic nitrogens is 3. The first kappa shape index (κ1) is 14.6. The molecule has 7 nitrogen and oxygen atoms in total. The summed E-state index contributed by atoms with van der Waals surface area (Å²) in [6.07, 6.45) is -3.43. The molecule has 0 spiro atoms. The Bertz CT molecular complexity index is 465. The lowest BCUT2D eigenvalue weighted by Gasteiger charge is -2.17. The molecular formula is C10H16F3N7. The molecule has 1 atom stereocenters. The normalized spacial score (nSPS) is 19.4. The van der Waals surface area contributed by atoms with Gasteiger partial charge in [-0.2, -0.15) is 28.1 Å². The van der Waals surface area contributed by atoms with Crippen LogP contribution >= 0.6 is 0 Å². The van der Waals surface area contributed by atoms with Crippen LogP contribution in [0.15, 0.2) is 0 Å². The van der Waals surface area contributed by atoms with Gasteiger partial charge in [-0.25, -0.2) is 0 Å². The summed E-state index contributed by atoms with van der Waals surface area (Å²) in [4.78, 5) is 13.4. The van der Waals surface area contributed by atoms with E-state index < -0.39 is 12.7 Å². The van der Waals surface area contributed by atoms with Gasteiger partial charge < -0.3 is 21.3 Å². The second-order valence-corrected chi connectivity index (χ2v) is 4.51. The molecule has 1 aliphatic heterocycles. The van der Waals surface area contributed by atoms with Gasteiger partial charge in [0.05, 0.1) is 0 Å². The van der Waals surface area contributed by atoms with E-state index in [0.29, 0.717) is 25.1 Å². The number of rotatable bonds is 4. The van der Waals surface area contributed by atoms with Crippen molar-refractivity contribution >= 4 is 17.8 Å². The van der Waals surface area contributed by atoms with Gasteiger partial charge in [0, 0.05) is 19.1 Å². The zero-order valence-corrected chi connectivity index (χ0v) is 10.9. The third-order valence-electron chi connectivity index (χ3n) is 2.97. The third-order valence-corrected chi connectivity index (χ3v) is 2.97. The van der Waals surface area contributed by atoms with E-state index in [-0.39, 0.29) is 11.9 Å². The van der Waals surface area contributed by atoms with Crippen LogP contribution in [0.2, 0.25) is 0 Å². The standard InChI is InChI=1S/C10H16F3N7/c1-15-6-2-3-20(4-6)9-18-7(14)17-8(19-9)16-5-10(11,12)13/h6,15H,2-5H2,1H3,(H3,14,16,17,18,19)/t6-/m1/s1. The third kappa shape index (κ3) is 3.83. The van der Waals surface area contributed by atoms with Crippen molar-refractivity contribution in [1.82, 2.24) is 20.3 Å². The van der Waals surface area contributed by atoms with E-state index in [1.54, 1.807) is 0 Å². The zero-order valence-electron chi connectivity index (χ0n) is 10.9. The Morgan fingerprint density at radius 1 is 1.35 bits per heavy atom. The molecule has 112 valence electrons. The number of hydrogen-bond acceptors (Lipinski definition) is 7. The maximum absolute atomic E-state index is 12.2. The van der Waals surface area contributed by atoms with Crippen molar-refractivity contribution in [3.63, 3.8) is 0 Å². The highest BCUT2D eigenvalue weighted by Crippen LogP contribution is 2.19. The van der Waals surface area contributed by atoms with Gasteiger partial charge in [-0.1, -0.05) is 0 Å². The van der Waals surface area contributed by atoms with E-state index >= 15 is 0 Å². The van der Waals surface area contributed by atoms with Crippen molar-refractivity contribution in [2.24, 2.45) is 0 Å². The maximum Gasteiger partial charge on any atom is 0.405 e. The SMILES string of the molecule is CN[C@@H]1CCN(c2nc(N)nc(NCC(F)(F)F)n2)C1. The molecule has 1 fully saturated rings. The number of nitrogens with one attached hydrogen (secondary N) is 2. The smallest absolute Gasteiger partial charge is 0.368 e. The fourth-order valence-corrected chi connectivity index (χ4v) is 1.96. The van der Waals surface area contributed by atoms with Gasteiger partial charge in [0.15, 0.2) is 0 Å². The summed E-state index contributed by atoms with van der Waals surface area (Å²) in [5, 5.41) is 5.23. The summed E-state index contributed by atoms with van der Waals surface area (Å²) in [6.45, 7) is 0.182. The average molecular weight is 291 g/mol. The molecule has 0 radical (unpaired) electrons. The minimum Gasteiger partial charge on any atom is -0.368 e. The van der Waals surface area contributed by atoms with Crippen LogP contribution in [0, 0.1) is 0 Å². The Morgan fingerprint density at radius 2 is 2.10 bits per heavy atom. The molecule has 10 heteroatoms. The van der Waals surface area contributed by atoms with Crippen LogP contribution in [0.25, 0.3) is 0 Å². The van der Waals surface area contributed by atoms with E-state index in [0.717, 1.165) is 6.42 Å². The molecule has 1 aromatic heterocycles. The molecule has 0 amide bonds. The number of halogens is 3. The van der Waals surface area contributed by atoms with Gasteiger partial charge in [0.2, 0.25) is 17.8 Å². The molecule has 1 saturated heterocycles. The molecule has 0 aromatic carbocycles. The van der Waals surface area contributed by atoms with Crippen LogP contribution in [-0.4, -0.2) is 53.9 Å². The predicted octanol–water partition coefficient (Wildman–Crippen LogP) is 0.226. The molecule has 0 bridgehead atoms. The Morgan fingerprint density at radius 3 is 2.70 bits per heavy atom. The lowest BCUT2D eigenvalue weighted by Crippen LogP contribution is -2.31. The van der Waals surface area contributed by atoms with Gasteiger partial charge in [-0.15, -0.1) is 0 Å². The van der Waals surface area contributed by atoms with E-state index in [2.05, 4.69) is 25.6 Å². The number of likely N-dealkylation sites (N-methyl/N-ethyl adjacent to an activating group) is 1. The van der Waals surface area contributed by atoms with E-state index in [1.807, 2.05) is 11.9 Å². The van der Waals surface area contributed by atoms with Crippen molar-refractivity contribution in [3.8, 4) is 0 Å². The van der Waals surface area contributed by atoms with Crippen LogP contribution in [-0.2, 0) is 0 Å². The van der Waals surface area contributed by atoms with E-state index in [4.69, 9.17) is 5.73 Å². The van der Waals surface area contributed by atoms with Crippen molar-refractivity contribution < 1.29 is 13.2 Å². The molecule has 4 N–H and O–H groups in total. The molecule has 2 rings (SSSR count). The zero-order chi connectivity index (χ0) is 14.8. The number of hydrogen-bond donors (Lipinski definition) is 3. The molecule has 20 heavy (non-hydrogen) atoms. The quantitative estimate of drug-likeness (QED) is 0.731. The fraction of sp³-hybridized carbons (Fsp3) is 0.700. The highest BCUT2D eigenvalue weighted by atomic mass is 19.4. The summed E-state index contributed by atoms with van der Waals surface area (Å²) in [7, 11) is 1.85. The van der Waals surface area contributed by atoms with Crippen LogP contribution in [0.3, 0.4) is 0 Å². The summed E-state index contributed by atoms with van der Waals surface area (Å²) in [6, 6.07) is 0.305. The number of alkyl halides is 3. The highest BCUT2D eigenvalue weighted by molar-refractivity contribution is 5.43. The van der Waals surface area contributed by atoms with Crippen molar-refractivity contribution in [2.75, 3.05) is 42.6 Å². The maximum atomic E-state index is 12.2. The van der Waals surface area contributed by atoms with E-state index in [1.165, 1.54) is 0 Å². The number of anilines is 3. The van der Waals surface area contributed by atoms with Crippen LogP contribution in [0.1, 0.15) is 6.42 Å². The predicted molar refractivity (Wildman–Crippen MR) is 68.5 cm³/mol. The summed E-state index contributed by atoms with van der Waals surface area (Å²) >= 11 is 0. The molecule has 1 aromatic rings. The van der Waals surface area contributed by atoms with Crippen molar-refractivity contribution in [1.29, 1.82) is 0 Å². The van der Waals surface area contributed by atoms with E-state index in [9.17, 15) is 13.2 Å². The first-order chi connectivity index (χ1) is 9.37. The average Bonchev–Trinajstić information content (AvgIpc) is 2.84. The molecule has 0 saturated carbocycles. The number of nitrogen functional groups attached to an aromatic ring is 1. The Balaban J connectivity index is 2.09. The summed E-state index contributed by atoms with van der Waals surface area (Å²) in [5.74, 6) is 0.0187. The Labute approximate surface area is 113 Å². The lowest BCUT2D eigenvalue weighted by atomic mass is 10.3. The fourth-order valence-electron chi connectivity index (χ4n) is 1.96. The Hall–Kier alpha value is -1.84. The molecule has 0 unspecified atom stereocenters. The monoisotopic (exact) mass is 291 g/mol. The van der Waals surface area contributed by atoms with Gasteiger partial charge in [-0.3, -0.25) is 0 Å². The van der Waals surface area contributed by atoms with Crippen LogP contribution in [0.4, 0.5) is 31.0 Å². The summed E-state index contributed by atoms with van der Waals surface area (Å²) in [5.41, 5.74) is 5.51. The first-order valence-corrected chi connectivity index (χ1v) is 6.12. The second kappa shape index (κ2) is 5.65. The lowest BCUT2D eigenvalue weighted by molar-refractivity contribution is -0.115. The highest BCUT2D eigenvalue weighted by Gasteiger charge is 2.28. The van der Waals surface area contributed by atoms with Crippen LogP contribution in [0.5, 0.6) is 0 Å². The molecule has 0 aliphatic carbocycles. The molecule has 2 heterocycles. The largest absolute Gasteiger partial charge is 0.405 e. The summed E-state index contributed by atoms with van der Waals surface area (Å²) < 4.78 is 36.5. The van der Waals surface area contributed by atoms with Gasteiger partial charge in [0.25, 0.3) is 0 Å². The minimum absolute atomic E-state index is 0.104. The topological polar surface area (TPSA) is 92.0 Å². The second-order valence-electron chi connectivity index (χ2n) is 4.51.